The van der Waals surface area contributed by atoms with Gasteiger partial charge in [0.1, 0.15) is 0 Å². The predicted octanol–water partition coefficient (Wildman–Crippen LogP) is 3.85. The quantitative estimate of drug-likeness (QED) is 0.647. The number of unbranched alkanes of at least 4 members (excludes halogenated alkanes) is 1. The van der Waals surface area contributed by atoms with Crippen molar-refractivity contribution in [1.29, 1.82) is 0 Å². The van der Waals surface area contributed by atoms with Gasteiger partial charge in [0.15, 0.2) is 0 Å². The average Bonchev–Trinajstić information content (AvgIpc) is 2.28. The van der Waals surface area contributed by atoms with Crippen molar-refractivity contribution in [1.82, 2.24) is 5.32 Å². The number of alkyl halides is 1. The topological polar surface area (TPSA) is 29.1 Å². The molecule has 0 spiro atoms. The zero-order valence-corrected chi connectivity index (χ0v) is 11.7. The fourth-order valence-electron chi connectivity index (χ4n) is 1.16. The summed E-state index contributed by atoms with van der Waals surface area (Å²) in [4.78, 5) is 11.7. The van der Waals surface area contributed by atoms with Crippen molar-refractivity contribution in [2.75, 3.05) is 12.4 Å². The number of carbonyl (C=O) groups is 1. The van der Waals surface area contributed by atoms with E-state index in [2.05, 4.69) is 21.2 Å². The SMILES string of the molecule is O=C(NCCCCCl)c1ccc(Br)c(Cl)c1. The molecule has 0 fully saturated rings. The van der Waals surface area contributed by atoms with Crippen molar-refractivity contribution in [2.45, 2.75) is 12.8 Å². The highest BCUT2D eigenvalue weighted by Gasteiger charge is 2.06. The molecule has 0 atom stereocenters. The second-order valence-electron chi connectivity index (χ2n) is 3.28. The van der Waals surface area contributed by atoms with Crippen LogP contribution in [0.5, 0.6) is 0 Å². The maximum Gasteiger partial charge on any atom is 0.251 e. The molecule has 1 aromatic rings. The van der Waals surface area contributed by atoms with Crippen LogP contribution in [0.4, 0.5) is 0 Å². The van der Waals surface area contributed by atoms with Gasteiger partial charge >= 0.3 is 0 Å². The van der Waals surface area contributed by atoms with E-state index >= 15 is 0 Å². The molecule has 0 aliphatic heterocycles. The summed E-state index contributed by atoms with van der Waals surface area (Å²) in [7, 11) is 0. The van der Waals surface area contributed by atoms with Crippen LogP contribution in [-0.4, -0.2) is 18.3 Å². The van der Waals surface area contributed by atoms with E-state index in [1.807, 2.05) is 0 Å². The van der Waals surface area contributed by atoms with E-state index in [9.17, 15) is 4.79 Å². The molecule has 0 aromatic heterocycles. The van der Waals surface area contributed by atoms with Gasteiger partial charge in [0.2, 0.25) is 0 Å². The number of hydrogen-bond acceptors (Lipinski definition) is 1. The first kappa shape index (κ1) is 13.8. The first-order valence-electron chi connectivity index (χ1n) is 4.94. The molecule has 5 heteroatoms. The summed E-state index contributed by atoms with van der Waals surface area (Å²) >= 11 is 14.7. The van der Waals surface area contributed by atoms with E-state index in [1.165, 1.54) is 0 Å². The monoisotopic (exact) mass is 323 g/mol. The second-order valence-corrected chi connectivity index (χ2v) is 4.92. The summed E-state index contributed by atoms with van der Waals surface area (Å²) in [6.07, 6.45) is 1.79. The first-order valence-corrected chi connectivity index (χ1v) is 6.65. The molecule has 0 bridgehead atoms. The van der Waals surface area contributed by atoms with Gasteiger partial charge in [-0.15, -0.1) is 11.6 Å². The maximum atomic E-state index is 11.7. The minimum absolute atomic E-state index is 0.107. The van der Waals surface area contributed by atoms with Crippen molar-refractivity contribution in [2.24, 2.45) is 0 Å². The number of nitrogens with one attached hydrogen (secondary N) is 1. The number of amides is 1. The average molecular weight is 325 g/mol. The van der Waals surface area contributed by atoms with Gasteiger partial charge in [-0.1, -0.05) is 11.6 Å². The Morgan fingerprint density at radius 1 is 1.38 bits per heavy atom. The second kappa shape index (κ2) is 7.15. The van der Waals surface area contributed by atoms with Crippen molar-refractivity contribution < 1.29 is 4.79 Å². The van der Waals surface area contributed by atoms with E-state index in [-0.39, 0.29) is 5.91 Å². The zero-order chi connectivity index (χ0) is 12.0. The summed E-state index contributed by atoms with van der Waals surface area (Å²) in [6.45, 7) is 0.638. The first-order chi connectivity index (χ1) is 7.65. The van der Waals surface area contributed by atoms with Crippen LogP contribution < -0.4 is 5.32 Å². The summed E-state index contributed by atoms with van der Waals surface area (Å²) in [5.41, 5.74) is 0.569. The molecular weight excluding hydrogens is 313 g/mol. The summed E-state index contributed by atoms with van der Waals surface area (Å²) in [6, 6.07) is 5.13. The number of carbonyl (C=O) groups excluding carboxylic acids is 1. The highest BCUT2D eigenvalue weighted by atomic mass is 79.9. The molecule has 88 valence electrons. The van der Waals surface area contributed by atoms with Crippen LogP contribution in [0.15, 0.2) is 22.7 Å². The van der Waals surface area contributed by atoms with Gasteiger partial charge < -0.3 is 5.32 Å². The van der Waals surface area contributed by atoms with E-state index in [1.54, 1.807) is 18.2 Å². The van der Waals surface area contributed by atoms with Crippen LogP contribution in [0.2, 0.25) is 5.02 Å². The lowest BCUT2D eigenvalue weighted by atomic mass is 10.2. The van der Waals surface area contributed by atoms with Gasteiger partial charge in [-0.25, -0.2) is 0 Å². The lowest BCUT2D eigenvalue weighted by Crippen LogP contribution is -2.24. The summed E-state index contributed by atoms with van der Waals surface area (Å²) in [5.74, 6) is 0.518. The molecule has 1 N–H and O–H groups in total. The van der Waals surface area contributed by atoms with Crippen LogP contribution in [0.3, 0.4) is 0 Å². The molecule has 1 rings (SSSR count). The fraction of sp³-hybridized carbons (Fsp3) is 0.364. The van der Waals surface area contributed by atoms with Crippen LogP contribution in [0.1, 0.15) is 23.2 Å². The molecular formula is C11H12BrCl2NO. The molecule has 0 aliphatic rings. The molecule has 0 aliphatic carbocycles. The van der Waals surface area contributed by atoms with Gasteiger partial charge in [-0.05, 0) is 47.0 Å². The zero-order valence-electron chi connectivity index (χ0n) is 8.60. The van der Waals surface area contributed by atoms with Crippen molar-refractivity contribution in [3.8, 4) is 0 Å². The number of halogens is 3. The number of hydrogen-bond donors (Lipinski definition) is 1. The summed E-state index contributed by atoms with van der Waals surface area (Å²) < 4.78 is 0.785. The highest BCUT2D eigenvalue weighted by Crippen LogP contribution is 2.23. The number of rotatable bonds is 5. The van der Waals surface area contributed by atoms with Crippen LogP contribution in [0, 0.1) is 0 Å². The molecule has 16 heavy (non-hydrogen) atoms. The Morgan fingerprint density at radius 3 is 2.75 bits per heavy atom. The van der Waals surface area contributed by atoms with Gasteiger partial charge in [0, 0.05) is 22.5 Å². The maximum absolute atomic E-state index is 11.7. The molecule has 1 aromatic carbocycles. The Balaban J connectivity index is 2.50. The van der Waals surface area contributed by atoms with E-state index < -0.39 is 0 Å². The third kappa shape index (κ3) is 4.32. The van der Waals surface area contributed by atoms with E-state index in [0.717, 1.165) is 17.3 Å². The van der Waals surface area contributed by atoms with Gasteiger partial charge in [0.05, 0.1) is 5.02 Å². The van der Waals surface area contributed by atoms with Crippen LogP contribution >= 0.6 is 39.1 Å². The largest absolute Gasteiger partial charge is 0.352 e. The lowest BCUT2D eigenvalue weighted by molar-refractivity contribution is 0.0953. The van der Waals surface area contributed by atoms with Gasteiger partial charge in [-0.2, -0.15) is 0 Å². The Morgan fingerprint density at radius 2 is 2.12 bits per heavy atom. The standard InChI is InChI=1S/C11H12BrCl2NO/c12-9-4-3-8(7-10(9)14)11(16)15-6-2-1-5-13/h3-4,7H,1-2,5-6H2,(H,15,16). The Kier molecular flexibility index (Phi) is 6.17. The molecule has 0 radical (unpaired) electrons. The van der Waals surface area contributed by atoms with Crippen LogP contribution in [-0.2, 0) is 0 Å². The third-order valence-electron chi connectivity index (χ3n) is 2.03. The Labute approximate surface area is 113 Å². The Hall–Kier alpha value is -0.250. The summed E-state index contributed by atoms with van der Waals surface area (Å²) in [5, 5.41) is 3.34. The van der Waals surface area contributed by atoms with Gasteiger partial charge in [0.25, 0.3) is 5.91 Å². The minimum atomic E-state index is -0.107. The predicted molar refractivity (Wildman–Crippen MR) is 71.4 cm³/mol. The van der Waals surface area contributed by atoms with Crippen LogP contribution in [0.25, 0.3) is 0 Å². The molecule has 0 saturated heterocycles. The number of benzene rings is 1. The third-order valence-corrected chi connectivity index (χ3v) is 3.53. The molecule has 0 saturated carbocycles. The normalized spacial score (nSPS) is 10.2. The van der Waals surface area contributed by atoms with Crippen molar-refractivity contribution >= 4 is 45.0 Å². The molecule has 0 unspecified atom stereocenters. The smallest absolute Gasteiger partial charge is 0.251 e. The fourth-order valence-corrected chi connectivity index (χ4v) is 1.78. The minimum Gasteiger partial charge on any atom is -0.352 e. The molecule has 0 heterocycles. The van der Waals surface area contributed by atoms with Gasteiger partial charge in [-0.3, -0.25) is 4.79 Å². The van der Waals surface area contributed by atoms with Crippen molar-refractivity contribution in [3.05, 3.63) is 33.3 Å². The molecule has 2 nitrogen and oxygen atoms in total. The van der Waals surface area contributed by atoms with Crippen molar-refractivity contribution in [3.63, 3.8) is 0 Å². The van der Waals surface area contributed by atoms with E-state index in [4.69, 9.17) is 23.2 Å². The highest BCUT2D eigenvalue weighted by molar-refractivity contribution is 9.10. The molecule has 1 amide bonds. The lowest BCUT2D eigenvalue weighted by Gasteiger charge is -2.05. The Bertz CT molecular complexity index is 371. The van der Waals surface area contributed by atoms with E-state index in [0.29, 0.717) is 23.0 Å².